The van der Waals surface area contributed by atoms with Gasteiger partial charge in [0.05, 0.1) is 19.9 Å². The summed E-state index contributed by atoms with van der Waals surface area (Å²) >= 11 is 6.33. The summed E-state index contributed by atoms with van der Waals surface area (Å²) in [6.07, 6.45) is 0. The van der Waals surface area contributed by atoms with Crippen LogP contribution >= 0.6 is 38.6 Å². The summed E-state index contributed by atoms with van der Waals surface area (Å²) in [5.74, 6) is -0.887. The van der Waals surface area contributed by atoms with Gasteiger partial charge in [-0.05, 0) is 40.2 Å². The second-order valence-corrected chi connectivity index (χ2v) is 8.43. The number of oxazole rings is 1. The number of para-hydroxylation sites is 2. The Balaban J connectivity index is 1.52. The molecular weight excluding hydrogens is 426 g/mol. The van der Waals surface area contributed by atoms with Gasteiger partial charge in [-0.1, -0.05) is 12.1 Å². The van der Waals surface area contributed by atoms with Crippen molar-refractivity contribution in [3.63, 3.8) is 0 Å². The van der Waals surface area contributed by atoms with Crippen molar-refractivity contribution in [2.75, 3.05) is 5.32 Å². The fourth-order valence-corrected chi connectivity index (χ4v) is 4.51. The molecule has 0 aliphatic rings. The minimum absolute atomic E-state index is 0.130. The van der Waals surface area contributed by atoms with Crippen LogP contribution in [0.3, 0.4) is 0 Å². The molecule has 0 spiro atoms. The summed E-state index contributed by atoms with van der Waals surface area (Å²) in [5, 5.41) is 5.10. The van der Waals surface area contributed by atoms with Crippen molar-refractivity contribution in [2.24, 2.45) is 0 Å². The Bertz CT molecular complexity index is 1130. The van der Waals surface area contributed by atoms with E-state index < -0.39 is 5.76 Å². The zero-order chi connectivity index (χ0) is 17.4. The molecule has 3 aromatic heterocycles. The summed E-state index contributed by atoms with van der Waals surface area (Å²) in [6, 6.07) is 10.9. The van der Waals surface area contributed by atoms with Gasteiger partial charge in [0.1, 0.15) is 6.54 Å². The van der Waals surface area contributed by atoms with E-state index in [0.29, 0.717) is 16.2 Å². The van der Waals surface area contributed by atoms with E-state index in [1.54, 1.807) is 35.6 Å². The van der Waals surface area contributed by atoms with Crippen molar-refractivity contribution in [2.45, 2.75) is 6.54 Å². The quantitative estimate of drug-likeness (QED) is 0.521. The molecule has 126 valence electrons. The third kappa shape index (κ3) is 3.30. The molecule has 1 amide bonds. The zero-order valence-electron chi connectivity index (χ0n) is 12.6. The second kappa shape index (κ2) is 6.58. The van der Waals surface area contributed by atoms with E-state index in [-0.39, 0.29) is 12.5 Å². The highest BCUT2D eigenvalue weighted by atomic mass is 79.9. The molecule has 0 fully saturated rings. The number of thiophene rings is 1. The topological polar surface area (TPSA) is 77.1 Å². The summed E-state index contributed by atoms with van der Waals surface area (Å²) in [5.41, 5.74) is 1.85. The van der Waals surface area contributed by atoms with Crippen molar-refractivity contribution >= 4 is 60.7 Å². The molecule has 0 saturated carbocycles. The minimum atomic E-state index is -0.556. The summed E-state index contributed by atoms with van der Waals surface area (Å²) in [7, 11) is 0. The van der Waals surface area contributed by atoms with Crippen molar-refractivity contribution in [3.8, 4) is 10.6 Å². The van der Waals surface area contributed by atoms with E-state index in [4.69, 9.17) is 4.42 Å². The maximum atomic E-state index is 12.3. The van der Waals surface area contributed by atoms with Crippen molar-refractivity contribution in [1.29, 1.82) is 0 Å². The fourth-order valence-electron chi connectivity index (χ4n) is 2.36. The molecule has 3 heterocycles. The zero-order valence-corrected chi connectivity index (χ0v) is 15.8. The van der Waals surface area contributed by atoms with Gasteiger partial charge < -0.3 is 9.73 Å². The number of anilines is 1. The molecule has 0 bridgehead atoms. The number of amides is 1. The lowest BCUT2D eigenvalue weighted by molar-refractivity contribution is -0.116. The number of benzene rings is 1. The molecule has 4 aromatic rings. The van der Waals surface area contributed by atoms with Crippen LogP contribution < -0.4 is 11.1 Å². The van der Waals surface area contributed by atoms with E-state index in [1.165, 1.54) is 15.9 Å². The van der Waals surface area contributed by atoms with E-state index in [0.717, 1.165) is 14.4 Å². The fraction of sp³-hybridized carbons (Fsp3) is 0.0625. The molecule has 0 aliphatic heterocycles. The average Bonchev–Trinajstić information content (AvgIpc) is 3.28. The van der Waals surface area contributed by atoms with Crippen LogP contribution in [0.25, 0.3) is 21.7 Å². The van der Waals surface area contributed by atoms with Gasteiger partial charge in [0, 0.05) is 5.38 Å². The molecule has 1 N–H and O–H groups in total. The van der Waals surface area contributed by atoms with E-state index >= 15 is 0 Å². The third-order valence-electron chi connectivity index (χ3n) is 3.45. The van der Waals surface area contributed by atoms with Crippen molar-refractivity contribution in [3.05, 3.63) is 56.1 Å². The number of hydrogen-bond acceptors (Lipinski definition) is 6. The summed E-state index contributed by atoms with van der Waals surface area (Å²) in [4.78, 5) is 29.6. The summed E-state index contributed by atoms with van der Waals surface area (Å²) < 4.78 is 7.45. The Kier molecular flexibility index (Phi) is 4.28. The number of fused-ring (bicyclic) bond motifs is 1. The maximum absolute atomic E-state index is 12.3. The molecule has 0 radical (unpaired) electrons. The van der Waals surface area contributed by atoms with Crippen LogP contribution in [-0.2, 0) is 11.3 Å². The smallest absolute Gasteiger partial charge is 0.408 e. The first-order valence-corrected chi connectivity index (χ1v) is 9.68. The van der Waals surface area contributed by atoms with Crippen LogP contribution in [0.4, 0.5) is 5.13 Å². The molecular formula is C16H10BrN3O3S2. The van der Waals surface area contributed by atoms with E-state index in [2.05, 4.69) is 26.2 Å². The maximum Gasteiger partial charge on any atom is 0.420 e. The molecule has 0 saturated heterocycles. The molecule has 1 aromatic carbocycles. The van der Waals surface area contributed by atoms with Gasteiger partial charge >= 0.3 is 5.76 Å². The molecule has 6 nitrogen and oxygen atoms in total. The molecule has 0 aliphatic carbocycles. The monoisotopic (exact) mass is 435 g/mol. The number of nitrogens with zero attached hydrogens (tertiary/aromatic N) is 2. The van der Waals surface area contributed by atoms with Crippen molar-refractivity contribution < 1.29 is 9.21 Å². The largest absolute Gasteiger partial charge is 0.420 e. The standard InChI is InChI=1S/C16H10BrN3O3S2/c17-13-6-5-12(25-13)9-8-24-15(18-9)19-14(21)7-20-10-3-1-2-4-11(10)23-16(20)22/h1-6,8H,7H2,(H,18,19,21). The van der Waals surface area contributed by atoms with Crippen LogP contribution in [0.15, 0.2) is 54.8 Å². The van der Waals surface area contributed by atoms with Gasteiger partial charge in [0.2, 0.25) is 5.91 Å². The van der Waals surface area contributed by atoms with E-state index in [1.807, 2.05) is 17.5 Å². The second-order valence-electron chi connectivity index (χ2n) is 5.11. The Morgan fingerprint density at radius 2 is 2.12 bits per heavy atom. The SMILES string of the molecule is O=C(Cn1c(=O)oc2ccccc21)Nc1nc(-c2ccc(Br)s2)cs1. The lowest BCUT2D eigenvalue weighted by Gasteiger charge is -2.02. The number of hydrogen-bond donors (Lipinski definition) is 1. The average molecular weight is 436 g/mol. The number of nitrogens with one attached hydrogen (secondary N) is 1. The Hall–Kier alpha value is -2.23. The van der Waals surface area contributed by atoms with Crippen LogP contribution in [-0.4, -0.2) is 15.5 Å². The van der Waals surface area contributed by atoms with Gasteiger partial charge in [-0.2, -0.15) is 0 Å². The molecule has 4 rings (SSSR count). The predicted octanol–water partition coefficient (Wildman–Crippen LogP) is 4.18. The number of aromatic nitrogens is 2. The number of carbonyl (C=O) groups excluding carboxylic acids is 1. The molecule has 9 heteroatoms. The van der Waals surface area contributed by atoms with Gasteiger partial charge in [0.15, 0.2) is 10.7 Å². The lowest BCUT2D eigenvalue weighted by atomic mass is 10.3. The molecule has 0 unspecified atom stereocenters. The molecule has 25 heavy (non-hydrogen) atoms. The minimum Gasteiger partial charge on any atom is -0.408 e. The Morgan fingerprint density at radius 1 is 1.28 bits per heavy atom. The molecule has 0 atom stereocenters. The van der Waals surface area contributed by atoms with Gasteiger partial charge in [-0.15, -0.1) is 22.7 Å². The van der Waals surface area contributed by atoms with Crippen molar-refractivity contribution in [1.82, 2.24) is 9.55 Å². The Labute approximate surface area is 157 Å². The lowest BCUT2D eigenvalue weighted by Crippen LogP contribution is -2.24. The van der Waals surface area contributed by atoms with Crippen LogP contribution in [0, 0.1) is 0 Å². The number of thiazole rings is 1. The van der Waals surface area contributed by atoms with Gasteiger partial charge in [0.25, 0.3) is 0 Å². The highest BCUT2D eigenvalue weighted by Crippen LogP contribution is 2.33. The number of carbonyl (C=O) groups is 1. The predicted molar refractivity (Wildman–Crippen MR) is 102 cm³/mol. The van der Waals surface area contributed by atoms with Gasteiger partial charge in [-0.3, -0.25) is 9.36 Å². The third-order valence-corrected chi connectivity index (χ3v) is 5.86. The van der Waals surface area contributed by atoms with Crippen LogP contribution in [0.1, 0.15) is 0 Å². The normalized spacial score (nSPS) is 11.1. The van der Waals surface area contributed by atoms with Gasteiger partial charge in [-0.25, -0.2) is 9.78 Å². The van der Waals surface area contributed by atoms with Crippen LogP contribution in [0.5, 0.6) is 0 Å². The highest BCUT2D eigenvalue weighted by Gasteiger charge is 2.14. The number of halogens is 1. The summed E-state index contributed by atoms with van der Waals surface area (Å²) in [6.45, 7) is -0.130. The first kappa shape index (κ1) is 16.2. The first-order chi connectivity index (χ1) is 12.1. The first-order valence-electron chi connectivity index (χ1n) is 7.19. The Morgan fingerprint density at radius 3 is 2.92 bits per heavy atom. The highest BCUT2D eigenvalue weighted by molar-refractivity contribution is 9.11. The van der Waals surface area contributed by atoms with E-state index in [9.17, 15) is 9.59 Å². The number of rotatable bonds is 4. The van der Waals surface area contributed by atoms with Crippen LogP contribution in [0.2, 0.25) is 0 Å².